The summed E-state index contributed by atoms with van der Waals surface area (Å²) in [6.07, 6.45) is 3.03. The Kier molecular flexibility index (Phi) is 4.52. The largest absolute Gasteiger partial charge is 0.324 e. The summed E-state index contributed by atoms with van der Waals surface area (Å²) < 4.78 is 0. The van der Waals surface area contributed by atoms with Gasteiger partial charge in [-0.25, -0.2) is 9.97 Å². The van der Waals surface area contributed by atoms with Crippen molar-refractivity contribution in [2.24, 2.45) is 0 Å². The van der Waals surface area contributed by atoms with E-state index in [0.29, 0.717) is 11.5 Å². The first-order valence-electron chi connectivity index (χ1n) is 7.64. The van der Waals surface area contributed by atoms with Crippen molar-refractivity contribution in [2.75, 3.05) is 10.6 Å². The van der Waals surface area contributed by atoms with E-state index in [1.165, 1.54) is 12.4 Å². The normalized spacial score (nSPS) is 10.2. The molecule has 0 aliphatic rings. The summed E-state index contributed by atoms with van der Waals surface area (Å²) in [5.74, 6) is 0.222. The minimum Gasteiger partial charge on any atom is -0.324 e. The van der Waals surface area contributed by atoms with Crippen molar-refractivity contribution >= 4 is 23.2 Å². The van der Waals surface area contributed by atoms with Crippen LogP contribution in [-0.2, 0) is 0 Å². The van der Waals surface area contributed by atoms with Crippen LogP contribution in [0.5, 0.6) is 0 Å². The molecule has 0 bridgehead atoms. The van der Waals surface area contributed by atoms with Gasteiger partial charge in [-0.15, -0.1) is 0 Å². The zero-order valence-electron chi connectivity index (χ0n) is 13.6. The molecule has 0 atom stereocenters. The minimum atomic E-state index is -0.237. The van der Waals surface area contributed by atoms with Gasteiger partial charge < -0.3 is 10.6 Å². The highest BCUT2D eigenvalue weighted by Crippen LogP contribution is 2.19. The van der Waals surface area contributed by atoms with Crippen molar-refractivity contribution in [3.63, 3.8) is 0 Å². The number of anilines is 3. The number of nitrogens with one attached hydrogen (secondary N) is 2. The molecule has 0 saturated carbocycles. The van der Waals surface area contributed by atoms with Crippen molar-refractivity contribution in [1.29, 1.82) is 0 Å². The van der Waals surface area contributed by atoms with Crippen LogP contribution in [0.25, 0.3) is 0 Å². The predicted octanol–water partition coefficient (Wildman–Crippen LogP) is 4.09. The minimum absolute atomic E-state index is 0.237. The van der Waals surface area contributed by atoms with Crippen molar-refractivity contribution in [3.05, 3.63) is 77.6 Å². The zero-order chi connectivity index (χ0) is 16.9. The molecule has 1 aromatic heterocycles. The first-order valence-corrected chi connectivity index (χ1v) is 7.64. The van der Waals surface area contributed by atoms with E-state index >= 15 is 0 Å². The highest BCUT2D eigenvalue weighted by Gasteiger charge is 2.08. The van der Waals surface area contributed by atoms with Crippen LogP contribution in [0.4, 0.5) is 17.3 Å². The number of hydrogen-bond donors (Lipinski definition) is 2. The maximum atomic E-state index is 12.2. The summed E-state index contributed by atoms with van der Waals surface area (Å²) in [6, 6.07) is 15.4. The molecular formula is C19H18N4O. The average molecular weight is 318 g/mol. The number of carbonyl (C=O) groups is 1. The second kappa shape index (κ2) is 6.91. The van der Waals surface area contributed by atoms with Gasteiger partial charge in [0.1, 0.15) is 0 Å². The highest BCUT2D eigenvalue weighted by molar-refractivity contribution is 6.03. The van der Waals surface area contributed by atoms with E-state index in [0.717, 1.165) is 22.5 Å². The lowest BCUT2D eigenvalue weighted by atomic mass is 10.1. The Morgan fingerprint density at radius 2 is 1.67 bits per heavy atom. The van der Waals surface area contributed by atoms with E-state index in [9.17, 15) is 4.79 Å². The van der Waals surface area contributed by atoms with Crippen LogP contribution in [0.15, 0.2) is 60.9 Å². The number of aromatic nitrogens is 2. The van der Waals surface area contributed by atoms with Gasteiger partial charge in [0.25, 0.3) is 5.91 Å². The summed E-state index contributed by atoms with van der Waals surface area (Å²) in [7, 11) is 0. The van der Waals surface area contributed by atoms with Crippen molar-refractivity contribution in [3.8, 4) is 0 Å². The monoisotopic (exact) mass is 318 g/mol. The lowest BCUT2D eigenvalue weighted by molar-refractivity contribution is 0.102. The number of nitrogens with zero attached hydrogens (tertiary/aromatic N) is 2. The lowest BCUT2D eigenvalue weighted by Crippen LogP contribution is -2.13. The molecule has 5 nitrogen and oxygen atoms in total. The number of rotatable bonds is 4. The van der Waals surface area contributed by atoms with Gasteiger partial charge in [0.2, 0.25) is 5.95 Å². The summed E-state index contributed by atoms with van der Waals surface area (Å²) in [4.78, 5) is 20.6. The predicted molar refractivity (Wildman–Crippen MR) is 95.6 cm³/mol. The van der Waals surface area contributed by atoms with Gasteiger partial charge in [-0.2, -0.15) is 0 Å². The third-order valence-corrected chi connectivity index (χ3v) is 3.59. The molecule has 5 heteroatoms. The molecule has 0 spiro atoms. The molecule has 1 heterocycles. The number of aryl methyl sites for hydroxylation is 2. The third-order valence-electron chi connectivity index (χ3n) is 3.59. The fourth-order valence-electron chi connectivity index (χ4n) is 2.23. The number of amides is 1. The molecule has 0 unspecified atom stereocenters. The van der Waals surface area contributed by atoms with Gasteiger partial charge in [0.05, 0.1) is 5.56 Å². The van der Waals surface area contributed by atoms with E-state index in [2.05, 4.69) is 26.7 Å². The quantitative estimate of drug-likeness (QED) is 0.760. The van der Waals surface area contributed by atoms with Gasteiger partial charge in [-0.3, -0.25) is 4.79 Å². The summed E-state index contributed by atoms with van der Waals surface area (Å²) in [6.45, 7) is 4.05. The molecule has 0 fully saturated rings. The van der Waals surface area contributed by atoms with Gasteiger partial charge >= 0.3 is 0 Å². The zero-order valence-corrected chi connectivity index (χ0v) is 13.6. The maximum Gasteiger partial charge on any atom is 0.258 e. The molecular weight excluding hydrogens is 300 g/mol. The number of para-hydroxylation sites is 1. The van der Waals surface area contributed by atoms with Gasteiger partial charge in [-0.05, 0) is 43.2 Å². The van der Waals surface area contributed by atoms with Crippen molar-refractivity contribution < 1.29 is 4.79 Å². The molecule has 24 heavy (non-hydrogen) atoms. The first kappa shape index (κ1) is 15.7. The van der Waals surface area contributed by atoms with Crippen molar-refractivity contribution in [1.82, 2.24) is 9.97 Å². The molecule has 0 aliphatic carbocycles. The number of hydrogen-bond acceptors (Lipinski definition) is 4. The summed E-state index contributed by atoms with van der Waals surface area (Å²) in [5.41, 5.74) is 4.36. The maximum absolute atomic E-state index is 12.2. The molecule has 3 aromatic rings. The molecule has 0 aliphatic heterocycles. The molecule has 0 saturated heterocycles. The molecule has 120 valence electrons. The van der Waals surface area contributed by atoms with Crippen LogP contribution in [0, 0.1) is 13.8 Å². The summed E-state index contributed by atoms with van der Waals surface area (Å²) in [5, 5.41) is 5.98. The third kappa shape index (κ3) is 3.76. The SMILES string of the molecule is Cc1ccc(C)c(Nc2ncc(C(=O)Nc3ccccc3)cn2)c1. The molecule has 3 rings (SSSR count). The van der Waals surface area contributed by atoms with E-state index in [-0.39, 0.29) is 5.91 Å². The Morgan fingerprint density at radius 3 is 2.38 bits per heavy atom. The fourth-order valence-corrected chi connectivity index (χ4v) is 2.23. The van der Waals surface area contributed by atoms with E-state index in [1.807, 2.05) is 56.3 Å². The van der Waals surface area contributed by atoms with Crippen LogP contribution in [-0.4, -0.2) is 15.9 Å². The number of carbonyl (C=O) groups excluding carboxylic acids is 1. The second-order valence-corrected chi connectivity index (χ2v) is 5.56. The standard InChI is InChI=1S/C19H18N4O/c1-13-8-9-14(2)17(10-13)23-19-20-11-15(12-21-19)18(24)22-16-6-4-3-5-7-16/h3-12H,1-2H3,(H,22,24)(H,20,21,23). The van der Waals surface area contributed by atoms with Gasteiger partial charge in [0.15, 0.2) is 0 Å². The second-order valence-electron chi connectivity index (χ2n) is 5.56. The van der Waals surface area contributed by atoms with Gasteiger partial charge in [-0.1, -0.05) is 30.3 Å². The van der Waals surface area contributed by atoms with Crippen LogP contribution in [0.3, 0.4) is 0 Å². The fraction of sp³-hybridized carbons (Fsp3) is 0.105. The molecule has 2 N–H and O–H groups in total. The smallest absolute Gasteiger partial charge is 0.258 e. The Balaban J connectivity index is 1.71. The molecule has 0 radical (unpaired) electrons. The Bertz CT molecular complexity index is 845. The van der Waals surface area contributed by atoms with E-state index in [4.69, 9.17) is 0 Å². The topological polar surface area (TPSA) is 66.9 Å². The van der Waals surface area contributed by atoms with Gasteiger partial charge in [0, 0.05) is 23.8 Å². The molecule has 2 aromatic carbocycles. The van der Waals surface area contributed by atoms with Crippen LogP contribution in [0.2, 0.25) is 0 Å². The lowest BCUT2D eigenvalue weighted by Gasteiger charge is -2.09. The highest BCUT2D eigenvalue weighted by atomic mass is 16.1. The average Bonchev–Trinajstić information content (AvgIpc) is 2.60. The summed E-state index contributed by atoms with van der Waals surface area (Å²) >= 11 is 0. The molecule has 1 amide bonds. The van der Waals surface area contributed by atoms with Crippen LogP contribution >= 0.6 is 0 Å². The first-order chi connectivity index (χ1) is 11.6. The van der Waals surface area contributed by atoms with E-state index in [1.54, 1.807) is 0 Å². The Morgan fingerprint density at radius 1 is 0.958 bits per heavy atom. The van der Waals surface area contributed by atoms with Crippen LogP contribution < -0.4 is 10.6 Å². The number of benzene rings is 2. The van der Waals surface area contributed by atoms with E-state index < -0.39 is 0 Å². The Labute approximate surface area is 140 Å². The van der Waals surface area contributed by atoms with Crippen molar-refractivity contribution in [2.45, 2.75) is 13.8 Å². The van der Waals surface area contributed by atoms with Crippen LogP contribution in [0.1, 0.15) is 21.5 Å². The Hall–Kier alpha value is -3.21.